The maximum Gasteiger partial charge on any atom is 0.282 e. The lowest BCUT2D eigenvalue weighted by Gasteiger charge is -2.26. The van der Waals surface area contributed by atoms with Gasteiger partial charge in [-0.15, -0.1) is 0 Å². The summed E-state index contributed by atoms with van der Waals surface area (Å²) in [5.74, 6) is -3.58. The molecule has 2 unspecified atom stereocenters. The maximum absolute atomic E-state index is 13.5. The van der Waals surface area contributed by atoms with Gasteiger partial charge in [0.1, 0.15) is 17.3 Å². The van der Waals surface area contributed by atoms with Crippen molar-refractivity contribution in [1.29, 1.82) is 0 Å². The Bertz CT molecular complexity index is 1870. The second-order valence-electron chi connectivity index (χ2n) is 12.3. The minimum Gasteiger partial charge on any atom is -0.385 e. The summed E-state index contributed by atoms with van der Waals surface area (Å²) in [6.07, 6.45) is 2.71. The number of anilines is 2. The zero-order valence-electron chi connectivity index (χ0n) is 27.4. The number of rotatable bonds is 13. The van der Waals surface area contributed by atoms with Gasteiger partial charge in [-0.1, -0.05) is 5.64 Å². The van der Waals surface area contributed by atoms with Crippen molar-refractivity contribution in [1.82, 2.24) is 26.5 Å². The zero-order valence-corrected chi connectivity index (χ0v) is 27.4. The van der Waals surface area contributed by atoms with Crippen LogP contribution in [0, 0.1) is 11.6 Å². The van der Waals surface area contributed by atoms with E-state index in [0.29, 0.717) is 42.5 Å². The third-order valence-electron chi connectivity index (χ3n) is 8.52. The van der Waals surface area contributed by atoms with Gasteiger partial charge in [0, 0.05) is 61.2 Å². The van der Waals surface area contributed by atoms with Crippen molar-refractivity contribution in [2.75, 3.05) is 36.6 Å². The highest BCUT2D eigenvalue weighted by Gasteiger charge is 2.45. The Balaban J connectivity index is 0.823. The number of carbonyl (C=O) groups is 2. The Kier molecular flexibility index (Phi) is 10.2. The number of carbonyl (C=O) groups excluding carboxylic acids is 2. The summed E-state index contributed by atoms with van der Waals surface area (Å²) < 4.78 is 26.9. The first kappa shape index (κ1) is 34.4. The van der Waals surface area contributed by atoms with Gasteiger partial charge in [-0.05, 0) is 73.4 Å². The first-order valence-corrected chi connectivity index (χ1v) is 16.6. The van der Waals surface area contributed by atoms with Gasteiger partial charge in [-0.2, -0.15) is 0 Å². The number of H-pyrrole nitrogens is 1. The molecule has 7 rings (SSSR count). The molecule has 3 aliphatic heterocycles. The number of fused-ring (bicyclic) bond motifs is 2. The maximum atomic E-state index is 13.5. The van der Waals surface area contributed by atoms with Crippen LogP contribution in [0.3, 0.4) is 0 Å². The Labute approximate surface area is 290 Å². The topological polar surface area (TPSA) is 171 Å². The van der Waals surface area contributed by atoms with Crippen molar-refractivity contribution in [3.8, 4) is 11.5 Å². The van der Waals surface area contributed by atoms with Crippen LogP contribution in [0.15, 0.2) is 60.7 Å². The lowest BCUT2D eigenvalue weighted by molar-refractivity contribution is -0.376. The van der Waals surface area contributed by atoms with E-state index in [4.69, 9.17) is 24.2 Å². The van der Waals surface area contributed by atoms with Crippen LogP contribution in [0.5, 0.6) is 11.5 Å². The van der Waals surface area contributed by atoms with Crippen LogP contribution in [0.25, 0.3) is 10.9 Å². The smallest absolute Gasteiger partial charge is 0.282 e. The average Bonchev–Trinajstić information content (AvgIpc) is 3.87. The Morgan fingerprint density at radius 3 is 2.59 bits per heavy atom. The molecule has 2 atom stereocenters. The van der Waals surface area contributed by atoms with Crippen molar-refractivity contribution in [3.05, 3.63) is 83.6 Å². The van der Waals surface area contributed by atoms with E-state index in [1.807, 2.05) is 18.2 Å². The molecule has 3 aliphatic rings. The van der Waals surface area contributed by atoms with E-state index in [2.05, 4.69) is 26.6 Å². The molecule has 17 heteroatoms. The fourth-order valence-electron chi connectivity index (χ4n) is 5.84. The molecule has 270 valence electrons. The van der Waals surface area contributed by atoms with Gasteiger partial charge in [0.15, 0.2) is 11.5 Å². The van der Waals surface area contributed by atoms with Gasteiger partial charge >= 0.3 is 0 Å². The van der Waals surface area contributed by atoms with Crippen LogP contribution in [-0.2, 0) is 25.9 Å². The van der Waals surface area contributed by atoms with Crippen molar-refractivity contribution >= 4 is 34.1 Å². The van der Waals surface area contributed by atoms with Crippen LogP contribution in [-0.4, -0.2) is 65.4 Å². The number of aliphatic hydroxyl groups is 1. The number of hydrogen-bond acceptors (Lipinski definition) is 12. The van der Waals surface area contributed by atoms with Crippen LogP contribution < -0.4 is 36.3 Å². The van der Waals surface area contributed by atoms with Gasteiger partial charge in [-0.25, -0.2) is 13.6 Å². The monoisotopic (exact) mass is 709 g/mol. The molecular weight excluding hydrogens is 672 g/mol. The predicted molar refractivity (Wildman–Crippen MR) is 177 cm³/mol. The quantitative estimate of drug-likeness (QED) is 0.112. The minimum atomic E-state index is -2.16. The summed E-state index contributed by atoms with van der Waals surface area (Å²) in [5.41, 5.74) is 5.18. The molecule has 0 bridgehead atoms. The summed E-state index contributed by atoms with van der Waals surface area (Å²) in [6, 6.07) is 15.6. The standard InChI is InChI=1S/C34H37F2N7O8/c35-23-14-21(15-24(36)18-23)20-39-33(45)34(46)9-12-42(51-34)26-5-6-27-22(16-26)17-28(40-27)32(44)38-11-3-1-2-10-37-25-4-7-29-30(19-25)50-43(49-29)31-8-13-47-41-48-31/h4-7,14-19,31,37,40-41,46H,1-3,8-13,20H2,(H,38,44)(H,39,45). The zero-order chi connectivity index (χ0) is 35.4. The number of aromatic amines is 1. The van der Waals surface area contributed by atoms with E-state index in [0.717, 1.165) is 60.6 Å². The summed E-state index contributed by atoms with van der Waals surface area (Å²) in [7, 11) is 0. The average molecular weight is 710 g/mol. The van der Waals surface area contributed by atoms with Crippen molar-refractivity contribution in [3.63, 3.8) is 0 Å². The number of halogens is 2. The van der Waals surface area contributed by atoms with Gasteiger partial charge in [0.2, 0.25) is 6.23 Å². The molecule has 15 nitrogen and oxygen atoms in total. The number of hydroxylamine groups is 3. The molecule has 2 saturated heterocycles. The lowest BCUT2D eigenvalue weighted by atomic mass is 10.1. The van der Waals surface area contributed by atoms with Gasteiger partial charge in [0.25, 0.3) is 17.6 Å². The Morgan fingerprint density at radius 1 is 0.941 bits per heavy atom. The molecule has 0 radical (unpaired) electrons. The number of aromatic nitrogens is 1. The molecule has 6 N–H and O–H groups in total. The van der Waals surface area contributed by atoms with E-state index in [1.165, 1.54) is 10.3 Å². The third kappa shape index (κ3) is 8.14. The number of nitrogens with zero attached hydrogens (tertiary/aromatic N) is 2. The molecule has 4 heterocycles. The fourth-order valence-corrected chi connectivity index (χ4v) is 5.84. The summed E-state index contributed by atoms with van der Waals surface area (Å²) in [6.45, 7) is 1.74. The first-order chi connectivity index (χ1) is 24.7. The van der Waals surface area contributed by atoms with Crippen molar-refractivity contribution < 1.29 is 47.7 Å². The largest absolute Gasteiger partial charge is 0.385 e. The number of unbranched alkanes of at least 4 members (excludes halogenated alkanes) is 2. The van der Waals surface area contributed by atoms with Gasteiger partial charge in [-0.3, -0.25) is 24.3 Å². The van der Waals surface area contributed by atoms with Crippen LogP contribution in [0.1, 0.15) is 48.2 Å². The second kappa shape index (κ2) is 15.1. The predicted octanol–water partition coefficient (Wildman–Crippen LogP) is 3.69. The van der Waals surface area contributed by atoms with E-state index in [9.17, 15) is 23.5 Å². The molecule has 0 aliphatic carbocycles. The molecule has 1 aromatic heterocycles. The normalized spacial score (nSPS) is 20.1. The minimum absolute atomic E-state index is 0.0337. The number of hydrogen-bond donors (Lipinski definition) is 6. The molecular formula is C34H37F2N7O8. The number of nitrogens with one attached hydrogen (secondary N) is 5. The summed E-state index contributed by atoms with van der Waals surface area (Å²) in [4.78, 5) is 56.0. The number of amides is 2. The van der Waals surface area contributed by atoms with Gasteiger partial charge < -0.3 is 35.7 Å². The van der Waals surface area contributed by atoms with Crippen molar-refractivity contribution in [2.24, 2.45) is 0 Å². The highest BCUT2D eigenvalue weighted by Crippen LogP contribution is 2.38. The van der Waals surface area contributed by atoms with Crippen LogP contribution in [0.4, 0.5) is 20.2 Å². The number of benzene rings is 3. The van der Waals surface area contributed by atoms with Crippen LogP contribution >= 0.6 is 0 Å². The van der Waals surface area contributed by atoms with Crippen LogP contribution in [0.2, 0.25) is 0 Å². The second-order valence-corrected chi connectivity index (χ2v) is 12.3. The van der Waals surface area contributed by atoms with E-state index in [-0.39, 0.29) is 31.0 Å². The van der Waals surface area contributed by atoms with E-state index >= 15 is 0 Å². The molecule has 0 saturated carbocycles. The van der Waals surface area contributed by atoms with E-state index in [1.54, 1.807) is 24.3 Å². The molecule has 0 spiro atoms. The summed E-state index contributed by atoms with van der Waals surface area (Å²) >= 11 is 0. The lowest BCUT2D eigenvalue weighted by Crippen LogP contribution is -2.47. The molecule has 3 aromatic carbocycles. The highest BCUT2D eigenvalue weighted by molar-refractivity contribution is 5.98. The molecule has 51 heavy (non-hydrogen) atoms. The Morgan fingerprint density at radius 2 is 1.76 bits per heavy atom. The molecule has 4 aromatic rings. The third-order valence-corrected chi connectivity index (χ3v) is 8.52. The molecule has 2 fully saturated rings. The Hall–Kier alpha value is -5.04. The van der Waals surface area contributed by atoms with E-state index < -0.39 is 29.6 Å². The first-order valence-electron chi connectivity index (χ1n) is 16.6. The molecule has 2 amide bonds. The fraction of sp³-hybridized carbons (Fsp3) is 0.353. The summed E-state index contributed by atoms with van der Waals surface area (Å²) in [5, 5.41) is 23.1. The van der Waals surface area contributed by atoms with Crippen molar-refractivity contribution in [2.45, 2.75) is 50.7 Å². The SMILES string of the molecule is O=C(NCCCCCNc1ccc2c(c1)ON(C1CCONO1)O2)c1cc2cc(N3CCC(O)(C(=O)NCc4cc(F)cc(F)c4)O3)ccc2[nH]1. The van der Waals surface area contributed by atoms with Gasteiger partial charge in [0.05, 0.1) is 24.1 Å². The highest BCUT2D eigenvalue weighted by atomic mass is 19.1.